The minimum Gasteiger partial charge on any atom is -0.496 e. The molecule has 0 atom stereocenters. The molecule has 1 heterocycles. The molecule has 0 unspecified atom stereocenters. The lowest BCUT2D eigenvalue weighted by Crippen LogP contribution is -2.49. The van der Waals surface area contributed by atoms with Gasteiger partial charge in [0.15, 0.2) is 0 Å². The Kier molecular flexibility index (Phi) is 7.87. The van der Waals surface area contributed by atoms with Gasteiger partial charge < -0.3 is 20.3 Å². The molecule has 0 bridgehead atoms. The molecule has 1 aliphatic rings. The van der Waals surface area contributed by atoms with Crippen LogP contribution in [0, 0.1) is 13.8 Å². The number of nitrogens with one attached hydrogen (secondary N) is 2. The van der Waals surface area contributed by atoms with E-state index in [2.05, 4.69) is 10.6 Å². The van der Waals surface area contributed by atoms with Crippen molar-refractivity contribution in [3.8, 4) is 5.75 Å². The molecule has 7 nitrogen and oxygen atoms in total. The largest absolute Gasteiger partial charge is 0.496 e. The Morgan fingerprint density at radius 2 is 1.69 bits per heavy atom. The summed E-state index contributed by atoms with van der Waals surface area (Å²) in [7, 11) is 1.60. The van der Waals surface area contributed by atoms with Crippen LogP contribution < -0.4 is 15.4 Å². The van der Waals surface area contributed by atoms with Gasteiger partial charge in [0.05, 0.1) is 20.1 Å². The zero-order chi connectivity index (χ0) is 23.1. The second-order valence-electron chi connectivity index (χ2n) is 8.27. The van der Waals surface area contributed by atoms with Crippen molar-refractivity contribution in [2.75, 3.05) is 26.7 Å². The summed E-state index contributed by atoms with van der Waals surface area (Å²) in [4.78, 5) is 39.1. The third kappa shape index (κ3) is 6.33. The molecule has 0 aliphatic carbocycles. The fourth-order valence-corrected chi connectivity index (χ4v) is 4.04. The summed E-state index contributed by atoms with van der Waals surface area (Å²) in [5.74, 6) is 0.288. The lowest BCUT2D eigenvalue weighted by atomic mass is 10.0. The van der Waals surface area contributed by atoms with Crippen molar-refractivity contribution in [2.24, 2.45) is 0 Å². The van der Waals surface area contributed by atoms with Crippen LogP contribution in [0.5, 0.6) is 5.75 Å². The summed E-state index contributed by atoms with van der Waals surface area (Å²) in [5, 5.41) is 5.64. The molecule has 2 aromatic rings. The molecular formula is C25H31N3O4. The second kappa shape index (κ2) is 10.8. The van der Waals surface area contributed by atoms with Crippen LogP contribution in [0.2, 0.25) is 0 Å². The number of hydrogen-bond acceptors (Lipinski definition) is 4. The molecule has 2 N–H and O–H groups in total. The summed E-state index contributed by atoms with van der Waals surface area (Å²) in [5.41, 5.74) is 3.44. The van der Waals surface area contributed by atoms with Crippen LogP contribution in [-0.4, -0.2) is 55.4 Å². The Morgan fingerprint density at radius 3 is 2.34 bits per heavy atom. The number of benzene rings is 2. The van der Waals surface area contributed by atoms with Crippen LogP contribution >= 0.6 is 0 Å². The van der Waals surface area contributed by atoms with Crippen molar-refractivity contribution in [2.45, 2.75) is 39.2 Å². The van der Waals surface area contributed by atoms with E-state index in [9.17, 15) is 14.4 Å². The minimum atomic E-state index is -0.260. The normalized spacial score (nSPS) is 14.0. The number of aryl methyl sites for hydroxylation is 2. The number of nitrogens with zero attached hydrogens (tertiary/aromatic N) is 1. The molecule has 0 saturated carbocycles. The van der Waals surface area contributed by atoms with Gasteiger partial charge in [-0.1, -0.05) is 35.4 Å². The fourth-order valence-electron chi connectivity index (χ4n) is 4.04. The fraction of sp³-hybridized carbons (Fsp3) is 0.400. The first-order valence-electron chi connectivity index (χ1n) is 10.9. The number of para-hydroxylation sites is 1. The van der Waals surface area contributed by atoms with E-state index in [0.29, 0.717) is 43.7 Å². The van der Waals surface area contributed by atoms with E-state index >= 15 is 0 Å². The third-order valence-corrected chi connectivity index (χ3v) is 5.64. The molecule has 3 rings (SSSR count). The molecule has 1 fully saturated rings. The van der Waals surface area contributed by atoms with Gasteiger partial charge in [-0.15, -0.1) is 0 Å². The average molecular weight is 438 g/mol. The predicted molar refractivity (Wildman–Crippen MR) is 123 cm³/mol. The predicted octanol–water partition coefficient (Wildman–Crippen LogP) is 2.39. The van der Waals surface area contributed by atoms with E-state index in [0.717, 1.165) is 16.7 Å². The van der Waals surface area contributed by atoms with Crippen LogP contribution in [0.15, 0.2) is 42.5 Å². The Bertz CT molecular complexity index is 961. The second-order valence-corrected chi connectivity index (χ2v) is 8.27. The van der Waals surface area contributed by atoms with E-state index in [1.54, 1.807) is 19.2 Å². The number of methoxy groups -OCH3 is 1. The van der Waals surface area contributed by atoms with Gasteiger partial charge >= 0.3 is 0 Å². The molecule has 0 aromatic heterocycles. The van der Waals surface area contributed by atoms with Crippen LogP contribution in [0.3, 0.4) is 0 Å². The molecule has 1 aliphatic heterocycles. The van der Waals surface area contributed by atoms with Crippen molar-refractivity contribution in [1.82, 2.24) is 15.5 Å². The lowest BCUT2D eigenvalue weighted by Gasteiger charge is -2.32. The highest BCUT2D eigenvalue weighted by Gasteiger charge is 2.24. The topological polar surface area (TPSA) is 87.7 Å². The standard InChI is InChI=1S/C25H31N3O4/c1-17-12-18(2)14-20(13-17)25(31)26-16-23(29)27-21-8-10-28(11-9-21)24(30)15-19-6-4-5-7-22(19)32-3/h4-7,12-14,21H,8-11,15-16H2,1-3H3,(H,26,31)(H,27,29). The van der Waals surface area contributed by atoms with Gasteiger partial charge in [0, 0.05) is 30.3 Å². The molecule has 3 amide bonds. The zero-order valence-corrected chi connectivity index (χ0v) is 18.9. The Hall–Kier alpha value is -3.35. The number of hydrogen-bond donors (Lipinski definition) is 2. The van der Waals surface area contributed by atoms with E-state index < -0.39 is 0 Å². The van der Waals surface area contributed by atoms with E-state index in [-0.39, 0.29) is 30.3 Å². The molecule has 0 radical (unpaired) electrons. The van der Waals surface area contributed by atoms with Gasteiger partial charge in [-0.25, -0.2) is 0 Å². The first-order valence-corrected chi connectivity index (χ1v) is 10.9. The SMILES string of the molecule is COc1ccccc1CC(=O)N1CCC(NC(=O)CNC(=O)c2cc(C)cc(C)c2)CC1. The first kappa shape index (κ1) is 23.3. The third-order valence-electron chi connectivity index (χ3n) is 5.64. The van der Waals surface area contributed by atoms with Crippen LogP contribution in [0.25, 0.3) is 0 Å². The molecule has 32 heavy (non-hydrogen) atoms. The van der Waals surface area contributed by atoms with Gasteiger partial charge in [-0.3, -0.25) is 14.4 Å². The van der Waals surface area contributed by atoms with E-state index in [4.69, 9.17) is 4.74 Å². The molecule has 2 aromatic carbocycles. The summed E-state index contributed by atoms with van der Waals surface area (Å²) in [6.07, 6.45) is 1.67. The summed E-state index contributed by atoms with van der Waals surface area (Å²) >= 11 is 0. The number of carbonyl (C=O) groups excluding carboxylic acids is 3. The van der Waals surface area contributed by atoms with Crippen molar-refractivity contribution < 1.29 is 19.1 Å². The maximum atomic E-state index is 12.7. The maximum Gasteiger partial charge on any atom is 0.251 e. The molecule has 0 spiro atoms. The number of piperidine rings is 1. The molecule has 7 heteroatoms. The van der Waals surface area contributed by atoms with Crippen molar-refractivity contribution in [3.63, 3.8) is 0 Å². The highest BCUT2D eigenvalue weighted by atomic mass is 16.5. The molecule has 170 valence electrons. The summed E-state index contributed by atoms with van der Waals surface area (Å²) in [6.45, 7) is 4.98. The van der Waals surface area contributed by atoms with Gasteiger partial charge in [-0.05, 0) is 44.9 Å². The van der Waals surface area contributed by atoms with E-state index in [1.807, 2.05) is 49.1 Å². The minimum absolute atomic E-state index is 0.00377. The maximum absolute atomic E-state index is 12.7. The van der Waals surface area contributed by atoms with Crippen LogP contribution in [-0.2, 0) is 16.0 Å². The van der Waals surface area contributed by atoms with Gasteiger partial charge in [0.25, 0.3) is 5.91 Å². The van der Waals surface area contributed by atoms with Crippen LogP contribution in [0.4, 0.5) is 0 Å². The summed E-state index contributed by atoms with van der Waals surface area (Å²) in [6, 6.07) is 13.1. The number of rotatable bonds is 7. The highest BCUT2D eigenvalue weighted by Crippen LogP contribution is 2.20. The zero-order valence-electron chi connectivity index (χ0n) is 18.9. The number of amides is 3. The Labute approximate surface area is 189 Å². The monoisotopic (exact) mass is 437 g/mol. The van der Waals surface area contributed by atoms with Crippen LogP contribution in [0.1, 0.15) is 39.9 Å². The van der Waals surface area contributed by atoms with Crippen molar-refractivity contribution in [3.05, 3.63) is 64.7 Å². The number of likely N-dealkylation sites (tertiary alicyclic amines) is 1. The summed E-state index contributed by atoms with van der Waals surface area (Å²) < 4.78 is 5.33. The number of ether oxygens (including phenoxy) is 1. The number of carbonyl (C=O) groups is 3. The Balaban J connectivity index is 1.42. The average Bonchev–Trinajstić information content (AvgIpc) is 2.77. The quantitative estimate of drug-likeness (QED) is 0.696. The van der Waals surface area contributed by atoms with Gasteiger partial charge in [-0.2, -0.15) is 0 Å². The highest BCUT2D eigenvalue weighted by molar-refractivity contribution is 5.96. The van der Waals surface area contributed by atoms with Crippen molar-refractivity contribution in [1.29, 1.82) is 0 Å². The van der Waals surface area contributed by atoms with Gasteiger partial charge in [0.2, 0.25) is 11.8 Å². The molecular weight excluding hydrogens is 406 g/mol. The molecule has 1 saturated heterocycles. The first-order chi connectivity index (χ1) is 15.4. The Morgan fingerprint density at radius 1 is 1.03 bits per heavy atom. The smallest absolute Gasteiger partial charge is 0.251 e. The van der Waals surface area contributed by atoms with Gasteiger partial charge in [0.1, 0.15) is 5.75 Å². The van der Waals surface area contributed by atoms with Crippen molar-refractivity contribution >= 4 is 17.7 Å². The van der Waals surface area contributed by atoms with E-state index in [1.165, 1.54) is 0 Å². The lowest BCUT2D eigenvalue weighted by molar-refractivity contribution is -0.131.